The number of aryl methyl sites for hydroxylation is 1. The highest BCUT2D eigenvalue weighted by Gasteiger charge is 2.18. The largest absolute Gasteiger partial charge is 0.481 e. The minimum Gasteiger partial charge on any atom is -0.481 e. The molecule has 0 radical (unpaired) electrons. The number of hydrogen-bond donors (Lipinski definition) is 2. The molecular weight excluding hydrogens is 336 g/mol. The van der Waals surface area contributed by atoms with Crippen molar-refractivity contribution in [3.8, 4) is 0 Å². The van der Waals surface area contributed by atoms with Crippen LogP contribution < -0.4 is 5.32 Å². The monoisotopic (exact) mass is 358 g/mol. The van der Waals surface area contributed by atoms with E-state index >= 15 is 0 Å². The summed E-state index contributed by atoms with van der Waals surface area (Å²) in [4.78, 5) is 23.1. The molecule has 0 aliphatic carbocycles. The van der Waals surface area contributed by atoms with Gasteiger partial charge in [0, 0.05) is 30.2 Å². The van der Waals surface area contributed by atoms with Crippen LogP contribution in [0.2, 0.25) is 0 Å². The summed E-state index contributed by atoms with van der Waals surface area (Å²) in [5.74, 6) is -0.629. The first-order chi connectivity index (χ1) is 9.83. The summed E-state index contributed by atoms with van der Waals surface area (Å²) in [5, 5.41) is 11.8. The SMILES string of the molecule is CCn1cc(Br)cc1C(=O)NCC(CC(=O)O)CC(C)C. The minimum atomic E-state index is -0.824. The van der Waals surface area contributed by atoms with E-state index in [-0.39, 0.29) is 18.2 Å². The van der Waals surface area contributed by atoms with Crippen LogP contribution >= 0.6 is 15.9 Å². The first-order valence-electron chi connectivity index (χ1n) is 7.19. The van der Waals surface area contributed by atoms with Crippen molar-refractivity contribution >= 4 is 27.8 Å². The van der Waals surface area contributed by atoms with Crippen LogP contribution in [0.5, 0.6) is 0 Å². The zero-order valence-corrected chi connectivity index (χ0v) is 14.3. The first kappa shape index (κ1) is 17.8. The van der Waals surface area contributed by atoms with Crippen LogP contribution in [0.1, 0.15) is 44.1 Å². The molecule has 1 rings (SSSR count). The smallest absolute Gasteiger partial charge is 0.303 e. The van der Waals surface area contributed by atoms with Crippen LogP contribution in [0, 0.1) is 11.8 Å². The topological polar surface area (TPSA) is 71.3 Å². The van der Waals surface area contributed by atoms with Gasteiger partial charge in [-0.2, -0.15) is 0 Å². The average Bonchev–Trinajstić information content (AvgIpc) is 2.75. The van der Waals surface area contributed by atoms with Gasteiger partial charge in [0.25, 0.3) is 5.91 Å². The molecule has 0 aliphatic rings. The minimum absolute atomic E-state index is 0.0417. The van der Waals surface area contributed by atoms with Gasteiger partial charge in [0.15, 0.2) is 0 Å². The predicted molar refractivity (Wildman–Crippen MR) is 85.3 cm³/mol. The third-order valence-electron chi connectivity index (χ3n) is 3.26. The van der Waals surface area contributed by atoms with Crippen LogP contribution in [0.4, 0.5) is 0 Å². The summed E-state index contributed by atoms with van der Waals surface area (Å²) in [6, 6.07) is 1.77. The van der Waals surface area contributed by atoms with E-state index in [9.17, 15) is 9.59 Å². The van der Waals surface area contributed by atoms with E-state index in [1.54, 1.807) is 6.07 Å². The van der Waals surface area contributed by atoms with Gasteiger partial charge in [-0.1, -0.05) is 13.8 Å². The predicted octanol–water partition coefficient (Wildman–Crippen LogP) is 3.14. The molecule has 5 nitrogen and oxygen atoms in total. The van der Waals surface area contributed by atoms with E-state index in [1.807, 2.05) is 17.7 Å². The molecule has 1 unspecified atom stereocenters. The van der Waals surface area contributed by atoms with E-state index in [0.717, 1.165) is 10.9 Å². The van der Waals surface area contributed by atoms with Crippen LogP contribution in [0.15, 0.2) is 16.7 Å². The Morgan fingerprint density at radius 3 is 2.62 bits per heavy atom. The van der Waals surface area contributed by atoms with Gasteiger partial charge in [-0.25, -0.2) is 0 Å². The normalized spacial score (nSPS) is 12.4. The second-order valence-corrected chi connectivity index (χ2v) is 6.55. The lowest BCUT2D eigenvalue weighted by atomic mass is 9.94. The van der Waals surface area contributed by atoms with Gasteiger partial charge in [-0.05, 0) is 47.2 Å². The Balaban J connectivity index is 2.65. The van der Waals surface area contributed by atoms with Crippen LogP contribution in [-0.2, 0) is 11.3 Å². The summed E-state index contributed by atoms with van der Waals surface area (Å²) in [7, 11) is 0. The molecule has 118 valence electrons. The third-order valence-corrected chi connectivity index (χ3v) is 3.69. The number of aliphatic carboxylic acids is 1. The molecule has 0 fully saturated rings. The number of hydrogen-bond acceptors (Lipinski definition) is 2. The van der Waals surface area contributed by atoms with Crippen LogP contribution in [0.3, 0.4) is 0 Å². The molecular formula is C15H23BrN2O3. The number of aromatic nitrogens is 1. The number of carboxylic acids is 1. The summed E-state index contributed by atoms with van der Waals surface area (Å²) >= 11 is 3.36. The molecule has 1 atom stereocenters. The van der Waals surface area contributed by atoms with Crippen LogP contribution in [-0.4, -0.2) is 28.1 Å². The number of carbonyl (C=O) groups is 2. The van der Waals surface area contributed by atoms with E-state index in [2.05, 4.69) is 35.1 Å². The highest BCUT2D eigenvalue weighted by atomic mass is 79.9. The number of amides is 1. The van der Waals surface area contributed by atoms with Gasteiger partial charge in [0.2, 0.25) is 0 Å². The number of halogens is 1. The fraction of sp³-hybridized carbons (Fsp3) is 0.600. The third kappa shape index (κ3) is 5.91. The molecule has 6 heteroatoms. The van der Waals surface area contributed by atoms with E-state index < -0.39 is 5.97 Å². The van der Waals surface area contributed by atoms with Gasteiger partial charge in [0.05, 0.1) is 0 Å². The lowest BCUT2D eigenvalue weighted by Gasteiger charge is -2.18. The number of carbonyl (C=O) groups excluding carboxylic acids is 1. The molecule has 1 aromatic heterocycles. The molecule has 2 N–H and O–H groups in total. The maximum absolute atomic E-state index is 12.2. The summed E-state index contributed by atoms with van der Waals surface area (Å²) < 4.78 is 2.72. The maximum atomic E-state index is 12.2. The Kier molecular flexibility index (Phi) is 6.95. The highest BCUT2D eigenvalue weighted by Crippen LogP contribution is 2.17. The Morgan fingerprint density at radius 2 is 2.10 bits per heavy atom. The molecule has 0 aromatic carbocycles. The Morgan fingerprint density at radius 1 is 1.43 bits per heavy atom. The lowest BCUT2D eigenvalue weighted by molar-refractivity contribution is -0.138. The standard InChI is InChI=1S/C15H23BrN2O3/c1-4-18-9-12(16)7-13(18)15(21)17-8-11(5-10(2)3)6-14(19)20/h7,9-11H,4-6,8H2,1-3H3,(H,17,21)(H,19,20). The van der Waals surface area contributed by atoms with Crippen molar-refractivity contribution < 1.29 is 14.7 Å². The Labute approximate surface area is 133 Å². The van der Waals surface area contributed by atoms with Crippen molar-refractivity contribution in [2.75, 3.05) is 6.54 Å². The molecule has 21 heavy (non-hydrogen) atoms. The summed E-state index contributed by atoms with van der Waals surface area (Å²) in [6.07, 6.45) is 2.72. The molecule has 0 saturated heterocycles. The fourth-order valence-corrected chi connectivity index (χ4v) is 2.87. The first-order valence-corrected chi connectivity index (χ1v) is 7.98. The molecule has 0 aliphatic heterocycles. The maximum Gasteiger partial charge on any atom is 0.303 e. The average molecular weight is 359 g/mol. The summed E-state index contributed by atoms with van der Waals surface area (Å²) in [6.45, 7) is 7.16. The number of rotatable bonds is 8. The van der Waals surface area contributed by atoms with Crippen molar-refractivity contribution in [2.24, 2.45) is 11.8 Å². The van der Waals surface area contributed by atoms with Gasteiger partial charge in [-0.15, -0.1) is 0 Å². The van der Waals surface area contributed by atoms with Crippen LogP contribution in [0.25, 0.3) is 0 Å². The van der Waals surface area contributed by atoms with E-state index in [1.165, 1.54) is 0 Å². The Bertz CT molecular complexity index is 497. The molecule has 1 heterocycles. The number of carboxylic acid groups (broad SMARTS) is 1. The van der Waals surface area contributed by atoms with E-state index in [4.69, 9.17) is 5.11 Å². The lowest BCUT2D eigenvalue weighted by Crippen LogP contribution is -2.32. The van der Waals surface area contributed by atoms with Gasteiger partial charge in [-0.3, -0.25) is 9.59 Å². The van der Waals surface area contributed by atoms with Gasteiger partial charge in [0.1, 0.15) is 5.69 Å². The number of nitrogens with zero attached hydrogens (tertiary/aromatic N) is 1. The molecule has 0 spiro atoms. The van der Waals surface area contributed by atoms with E-state index in [0.29, 0.717) is 24.7 Å². The molecule has 1 aromatic rings. The zero-order valence-electron chi connectivity index (χ0n) is 12.7. The number of nitrogens with one attached hydrogen (secondary N) is 1. The molecule has 0 saturated carbocycles. The van der Waals surface area contributed by atoms with Crippen molar-refractivity contribution in [2.45, 2.75) is 40.2 Å². The van der Waals surface area contributed by atoms with Crippen molar-refractivity contribution in [1.29, 1.82) is 0 Å². The second kappa shape index (κ2) is 8.22. The molecule has 0 bridgehead atoms. The van der Waals surface area contributed by atoms with Gasteiger partial charge < -0.3 is 15.0 Å². The van der Waals surface area contributed by atoms with Crippen molar-refractivity contribution in [1.82, 2.24) is 9.88 Å². The molecule has 1 amide bonds. The highest BCUT2D eigenvalue weighted by molar-refractivity contribution is 9.10. The second-order valence-electron chi connectivity index (χ2n) is 5.63. The van der Waals surface area contributed by atoms with Crippen molar-refractivity contribution in [3.05, 3.63) is 22.4 Å². The fourth-order valence-electron chi connectivity index (χ4n) is 2.41. The summed E-state index contributed by atoms with van der Waals surface area (Å²) in [5.41, 5.74) is 0.586. The zero-order chi connectivity index (χ0) is 16.0. The quantitative estimate of drug-likeness (QED) is 0.749. The van der Waals surface area contributed by atoms with Crippen molar-refractivity contribution in [3.63, 3.8) is 0 Å². The Hall–Kier alpha value is -1.30. The van der Waals surface area contributed by atoms with Gasteiger partial charge >= 0.3 is 5.97 Å².